The van der Waals surface area contributed by atoms with Crippen LogP contribution >= 0.6 is 0 Å². The van der Waals surface area contributed by atoms with Gasteiger partial charge in [-0.05, 0) is 31.4 Å². The van der Waals surface area contributed by atoms with Crippen LogP contribution in [-0.4, -0.2) is 29.5 Å². The van der Waals surface area contributed by atoms with Gasteiger partial charge in [-0.3, -0.25) is 0 Å². The maximum Gasteiger partial charge on any atom is 0.148 e. The van der Waals surface area contributed by atoms with Crippen molar-refractivity contribution in [3.63, 3.8) is 0 Å². The van der Waals surface area contributed by atoms with Gasteiger partial charge in [0.05, 0.1) is 18.9 Å². The highest BCUT2D eigenvalue weighted by Crippen LogP contribution is 2.20. The van der Waals surface area contributed by atoms with E-state index in [9.17, 15) is 0 Å². The first kappa shape index (κ1) is 11.3. The Morgan fingerprint density at radius 2 is 2.25 bits per heavy atom. The Kier molecular flexibility index (Phi) is 4.10. The van der Waals surface area contributed by atoms with E-state index in [1.165, 1.54) is 25.7 Å². The second kappa shape index (κ2) is 5.80. The summed E-state index contributed by atoms with van der Waals surface area (Å²) in [5, 5.41) is 11.1. The summed E-state index contributed by atoms with van der Waals surface area (Å²) >= 11 is 0. The number of hydrogen-bond donors (Lipinski definition) is 1. The van der Waals surface area contributed by atoms with Crippen LogP contribution in [-0.2, 0) is 4.74 Å². The Bertz CT molecular complexity index is 324. The molecule has 4 nitrogen and oxygen atoms in total. The summed E-state index contributed by atoms with van der Waals surface area (Å²) in [6.45, 7) is 3.56. The van der Waals surface area contributed by atoms with E-state index < -0.39 is 0 Å². The van der Waals surface area contributed by atoms with Gasteiger partial charge < -0.3 is 10.1 Å². The number of rotatable bonds is 5. The molecule has 16 heavy (non-hydrogen) atoms. The van der Waals surface area contributed by atoms with Gasteiger partial charge in [0.1, 0.15) is 5.82 Å². The Morgan fingerprint density at radius 3 is 3.00 bits per heavy atom. The summed E-state index contributed by atoms with van der Waals surface area (Å²) in [5.41, 5.74) is 1.12. The third-order valence-electron chi connectivity index (χ3n) is 2.86. The van der Waals surface area contributed by atoms with Crippen LogP contribution in [0.2, 0.25) is 0 Å². The molecule has 88 valence electrons. The maximum atomic E-state index is 5.74. The van der Waals surface area contributed by atoms with Gasteiger partial charge in [-0.25, -0.2) is 0 Å². The highest BCUT2D eigenvalue weighted by Gasteiger charge is 2.14. The van der Waals surface area contributed by atoms with Crippen molar-refractivity contribution < 1.29 is 4.74 Å². The largest absolute Gasteiger partial charge is 0.376 e. The first-order valence-electron chi connectivity index (χ1n) is 5.99. The number of hydrogen-bond acceptors (Lipinski definition) is 4. The molecule has 2 rings (SSSR count). The Balaban J connectivity index is 1.64. The zero-order valence-corrected chi connectivity index (χ0v) is 9.78. The molecule has 0 spiro atoms. The zero-order valence-electron chi connectivity index (χ0n) is 9.78. The van der Waals surface area contributed by atoms with Crippen molar-refractivity contribution in [1.29, 1.82) is 0 Å². The van der Waals surface area contributed by atoms with Crippen LogP contribution in [0, 0.1) is 6.92 Å². The zero-order chi connectivity index (χ0) is 11.2. The number of nitrogens with one attached hydrogen (secondary N) is 1. The van der Waals surface area contributed by atoms with E-state index in [2.05, 4.69) is 15.5 Å². The second-order valence-electron chi connectivity index (χ2n) is 4.32. The molecule has 0 radical (unpaired) electrons. The van der Waals surface area contributed by atoms with Crippen molar-refractivity contribution in [2.75, 3.05) is 18.5 Å². The van der Waals surface area contributed by atoms with E-state index in [0.717, 1.165) is 24.5 Å². The minimum absolute atomic E-state index is 0.491. The lowest BCUT2D eigenvalue weighted by molar-refractivity contribution is 0.0658. The monoisotopic (exact) mass is 221 g/mol. The number of aryl methyl sites for hydroxylation is 1. The molecule has 1 aromatic rings. The van der Waals surface area contributed by atoms with E-state index in [-0.39, 0.29) is 0 Å². The summed E-state index contributed by atoms with van der Waals surface area (Å²) in [4.78, 5) is 0. The van der Waals surface area contributed by atoms with Crippen LogP contribution in [0.3, 0.4) is 0 Å². The quantitative estimate of drug-likeness (QED) is 0.774. The van der Waals surface area contributed by atoms with Crippen LogP contribution in [0.4, 0.5) is 5.82 Å². The summed E-state index contributed by atoms with van der Waals surface area (Å²) < 4.78 is 5.74. The molecule has 1 aromatic heterocycles. The normalized spacial score (nSPS) is 16.6. The lowest BCUT2D eigenvalue weighted by Crippen LogP contribution is -2.16. The molecule has 0 saturated heterocycles. The van der Waals surface area contributed by atoms with Crippen molar-refractivity contribution in [3.05, 3.63) is 17.8 Å². The first-order valence-corrected chi connectivity index (χ1v) is 5.99. The van der Waals surface area contributed by atoms with Crippen molar-refractivity contribution in [2.45, 2.75) is 38.7 Å². The van der Waals surface area contributed by atoms with Crippen LogP contribution in [0.1, 0.15) is 31.2 Å². The molecule has 0 atom stereocenters. The minimum atomic E-state index is 0.491. The van der Waals surface area contributed by atoms with Crippen molar-refractivity contribution in [2.24, 2.45) is 0 Å². The fourth-order valence-electron chi connectivity index (χ4n) is 2.01. The summed E-state index contributed by atoms with van der Waals surface area (Å²) in [7, 11) is 0. The molecule has 0 aliphatic heterocycles. The van der Waals surface area contributed by atoms with Gasteiger partial charge in [-0.1, -0.05) is 12.8 Å². The van der Waals surface area contributed by atoms with E-state index in [1.54, 1.807) is 6.20 Å². The predicted octanol–water partition coefficient (Wildman–Crippen LogP) is 2.16. The van der Waals surface area contributed by atoms with E-state index in [1.807, 2.05) is 13.0 Å². The molecule has 1 fully saturated rings. The molecule has 1 saturated carbocycles. The van der Waals surface area contributed by atoms with Crippen LogP contribution in [0.25, 0.3) is 0 Å². The average Bonchev–Trinajstić information content (AvgIpc) is 2.77. The number of nitrogens with zero attached hydrogens (tertiary/aromatic N) is 2. The Labute approximate surface area is 96.4 Å². The smallest absolute Gasteiger partial charge is 0.148 e. The van der Waals surface area contributed by atoms with Gasteiger partial charge in [0.15, 0.2) is 0 Å². The van der Waals surface area contributed by atoms with Gasteiger partial charge in [0, 0.05) is 6.54 Å². The van der Waals surface area contributed by atoms with E-state index in [4.69, 9.17) is 4.74 Å². The molecule has 1 aliphatic carbocycles. The number of anilines is 1. The van der Waals surface area contributed by atoms with Crippen molar-refractivity contribution in [3.8, 4) is 0 Å². The molecular weight excluding hydrogens is 202 g/mol. The minimum Gasteiger partial charge on any atom is -0.376 e. The highest BCUT2D eigenvalue weighted by atomic mass is 16.5. The van der Waals surface area contributed by atoms with Gasteiger partial charge in [-0.15, -0.1) is 5.10 Å². The fourth-order valence-corrected chi connectivity index (χ4v) is 2.01. The summed E-state index contributed by atoms with van der Waals surface area (Å²) in [6, 6.07) is 1.99. The van der Waals surface area contributed by atoms with Gasteiger partial charge in [0.2, 0.25) is 0 Å². The number of aromatic nitrogens is 2. The van der Waals surface area contributed by atoms with Crippen molar-refractivity contribution in [1.82, 2.24) is 10.2 Å². The predicted molar refractivity (Wildman–Crippen MR) is 63.5 cm³/mol. The van der Waals surface area contributed by atoms with E-state index in [0.29, 0.717) is 6.10 Å². The lowest BCUT2D eigenvalue weighted by Gasteiger charge is -2.11. The molecule has 0 amide bonds. The molecule has 1 aliphatic rings. The molecule has 1 heterocycles. The maximum absolute atomic E-state index is 5.74. The summed E-state index contributed by atoms with van der Waals surface area (Å²) in [5.74, 6) is 0.829. The highest BCUT2D eigenvalue weighted by molar-refractivity contribution is 5.34. The Hall–Kier alpha value is -1.16. The van der Waals surface area contributed by atoms with E-state index >= 15 is 0 Å². The molecule has 0 aromatic carbocycles. The molecule has 4 heteroatoms. The molecule has 0 unspecified atom stereocenters. The molecule has 0 bridgehead atoms. The topological polar surface area (TPSA) is 47.0 Å². The van der Waals surface area contributed by atoms with Crippen LogP contribution in [0.15, 0.2) is 12.3 Å². The van der Waals surface area contributed by atoms with Gasteiger partial charge in [-0.2, -0.15) is 5.10 Å². The SMILES string of the molecule is Cc1cnnc(NCCOC2CCCC2)c1. The van der Waals surface area contributed by atoms with Gasteiger partial charge in [0.25, 0.3) is 0 Å². The van der Waals surface area contributed by atoms with Crippen molar-refractivity contribution >= 4 is 5.82 Å². The lowest BCUT2D eigenvalue weighted by atomic mass is 10.3. The molecular formula is C12H19N3O. The molecule has 1 N–H and O–H groups in total. The fraction of sp³-hybridized carbons (Fsp3) is 0.667. The first-order chi connectivity index (χ1) is 7.84. The van der Waals surface area contributed by atoms with Crippen LogP contribution in [0.5, 0.6) is 0 Å². The van der Waals surface area contributed by atoms with Crippen LogP contribution < -0.4 is 5.32 Å². The third kappa shape index (κ3) is 3.45. The van der Waals surface area contributed by atoms with Gasteiger partial charge >= 0.3 is 0 Å². The summed E-state index contributed by atoms with van der Waals surface area (Å²) in [6.07, 6.45) is 7.34. The average molecular weight is 221 g/mol. The standard InChI is InChI=1S/C12H19N3O/c1-10-8-12(15-14-9-10)13-6-7-16-11-4-2-3-5-11/h8-9,11H,2-7H2,1H3,(H,13,15). The second-order valence-corrected chi connectivity index (χ2v) is 4.32. The Morgan fingerprint density at radius 1 is 1.44 bits per heavy atom. The number of ether oxygens (including phenoxy) is 1. The third-order valence-corrected chi connectivity index (χ3v) is 2.86.